The summed E-state index contributed by atoms with van der Waals surface area (Å²) in [5, 5.41) is 6.53. The van der Waals surface area contributed by atoms with Gasteiger partial charge in [0, 0.05) is 34.2 Å². The predicted octanol–water partition coefficient (Wildman–Crippen LogP) is -0.317. The van der Waals surface area contributed by atoms with Crippen LogP contribution in [0.4, 0.5) is 0 Å². The van der Waals surface area contributed by atoms with Gasteiger partial charge in [0.25, 0.3) is 0 Å². The third kappa shape index (κ3) is 3.75. The molecule has 0 saturated heterocycles. The van der Waals surface area contributed by atoms with Crippen LogP contribution < -0.4 is 0 Å². The molecule has 4 heteroatoms. The van der Waals surface area contributed by atoms with Crippen molar-refractivity contribution in [2.45, 2.75) is 13.2 Å². The van der Waals surface area contributed by atoms with Gasteiger partial charge in [0.1, 0.15) is 7.85 Å². The molecule has 0 aromatic carbocycles. The van der Waals surface area contributed by atoms with Gasteiger partial charge in [0.15, 0.2) is 0 Å². The van der Waals surface area contributed by atoms with Crippen LogP contribution in [0.1, 0.15) is 6.92 Å². The van der Waals surface area contributed by atoms with Crippen molar-refractivity contribution in [2.24, 2.45) is 0 Å². The van der Waals surface area contributed by atoms with E-state index >= 15 is 0 Å². The summed E-state index contributed by atoms with van der Waals surface area (Å²) in [7, 11) is 8.39. The van der Waals surface area contributed by atoms with E-state index in [0.717, 1.165) is 13.1 Å². The molecule has 0 rings (SSSR count). The molecule has 0 saturated carbocycles. The maximum absolute atomic E-state index is 2.31. The Morgan fingerprint density at radius 3 is 2.00 bits per heavy atom. The number of hydrogen-bond donors (Lipinski definition) is 0. The van der Waals surface area contributed by atoms with E-state index in [9.17, 15) is 0 Å². The van der Waals surface area contributed by atoms with Crippen LogP contribution in [0.3, 0.4) is 0 Å². The largest absolute Gasteiger partial charge is 0.234 e. The van der Waals surface area contributed by atoms with Gasteiger partial charge in [-0.05, 0) is 0 Å². The second kappa shape index (κ2) is 5.58. The lowest BCUT2D eigenvalue weighted by Crippen LogP contribution is -2.47. The molecule has 0 aliphatic carbocycles. The molecule has 0 bridgehead atoms. The Morgan fingerprint density at radius 1 is 1.18 bits per heavy atom. The van der Waals surface area contributed by atoms with Gasteiger partial charge in [0.05, 0.1) is 0 Å². The minimum absolute atomic E-state index is 1.07. The fourth-order valence-corrected chi connectivity index (χ4v) is 1.02. The third-order valence-corrected chi connectivity index (χ3v) is 1.83. The highest BCUT2D eigenvalue weighted by molar-refractivity contribution is 6.08. The van der Waals surface area contributed by atoms with Crippen LogP contribution in [0, 0.1) is 0 Å². The minimum atomic E-state index is 1.07. The maximum Gasteiger partial charge on any atom is 0.103 e. The van der Waals surface area contributed by atoms with Crippen molar-refractivity contribution in [3.63, 3.8) is 0 Å². The van der Waals surface area contributed by atoms with Gasteiger partial charge in [-0.2, -0.15) is 5.12 Å². The summed E-state index contributed by atoms with van der Waals surface area (Å²) < 4.78 is 0. The quantitative estimate of drug-likeness (QED) is 0.400. The Labute approximate surface area is 71.3 Å². The molecule has 0 heterocycles. The molecule has 3 nitrogen and oxygen atoms in total. The van der Waals surface area contributed by atoms with E-state index in [-0.39, 0.29) is 0 Å². The van der Waals surface area contributed by atoms with Crippen LogP contribution >= 0.6 is 0 Å². The van der Waals surface area contributed by atoms with Crippen LogP contribution in [-0.2, 0) is 0 Å². The second-order valence-corrected chi connectivity index (χ2v) is 2.88. The topological polar surface area (TPSA) is 9.72 Å². The minimum Gasteiger partial charge on any atom is -0.234 e. The van der Waals surface area contributed by atoms with Gasteiger partial charge in [-0.3, -0.25) is 0 Å². The zero-order chi connectivity index (χ0) is 8.85. The maximum atomic E-state index is 2.31. The Balaban J connectivity index is 3.81. The van der Waals surface area contributed by atoms with Crippen molar-refractivity contribution in [3.05, 3.63) is 0 Å². The third-order valence-electron chi connectivity index (χ3n) is 1.83. The number of nitrogens with zero attached hydrogens (tertiary/aromatic N) is 3. The fourth-order valence-electron chi connectivity index (χ4n) is 1.02. The Bertz CT molecular complexity index is 97.7. The van der Waals surface area contributed by atoms with Gasteiger partial charge in [-0.15, -0.1) is 0 Å². The van der Waals surface area contributed by atoms with E-state index in [1.54, 1.807) is 0 Å². The first-order valence-electron chi connectivity index (χ1n) is 4.29. The molecule has 0 aromatic heterocycles. The summed E-state index contributed by atoms with van der Waals surface area (Å²) in [6.45, 7) is 4.38. The highest BCUT2D eigenvalue weighted by Gasteiger charge is 2.08. The molecule has 0 unspecified atom stereocenters. The Morgan fingerprint density at radius 2 is 1.73 bits per heavy atom. The second-order valence-electron chi connectivity index (χ2n) is 2.88. The van der Waals surface area contributed by atoms with Gasteiger partial charge >= 0.3 is 0 Å². The first-order chi connectivity index (χ1) is 5.13. The first-order valence-corrected chi connectivity index (χ1v) is 4.29. The molecule has 0 aromatic rings. The normalized spacial score (nSPS) is 11.9. The van der Waals surface area contributed by atoms with Gasteiger partial charge in [-0.25, -0.2) is 10.0 Å². The van der Waals surface area contributed by atoms with Crippen LogP contribution in [0.15, 0.2) is 0 Å². The van der Waals surface area contributed by atoms with E-state index in [0.29, 0.717) is 0 Å². The molecular formula is C7H20BN3. The molecule has 0 aliphatic heterocycles. The standard InChI is InChI=1S/C7H20BN3/c1-5-11(7-6-8)10(4)9(2)3/h5-8H2,1-4H3. The van der Waals surface area contributed by atoms with Gasteiger partial charge in [-0.1, -0.05) is 13.2 Å². The first kappa shape index (κ1) is 10.9. The van der Waals surface area contributed by atoms with Crippen molar-refractivity contribution in [1.82, 2.24) is 15.1 Å². The highest BCUT2D eigenvalue weighted by Crippen LogP contribution is 1.96. The molecule has 0 fully saturated rings. The van der Waals surface area contributed by atoms with E-state index in [2.05, 4.69) is 51.0 Å². The highest BCUT2D eigenvalue weighted by atomic mass is 15.8. The lowest BCUT2D eigenvalue weighted by atomic mass is 10.1. The SMILES string of the molecule is BCCN(CC)N(C)N(C)C. The average molecular weight is 157 g/mol. The van der Waals surface area contributed by atoms with Crippen molar-refractivity contribution in [3.8, 4) is 0 Å². The molecule has 0 spiro atoms. The lowest BCUT2D eigenvalue weighted by molar-refractivity contribution is -0.135. The molecule has 0 amide bonds. The van der Waals surface area contributed by atoms with Crippen LogP contribution in [0.5, 0.6) is 0 Å². The zero-order valence-corrected chi connectivity index (χ0v) is 8.46. The van der Waals surface area contributed by atoms with Crippen molar-refractivity contribution >= 4 is 7.85 Å². The summed E-state index contributed by atoms with van der Waals surface area (Å²) in [5.41, 5.74) is 0. The van der Waals surface area contributed by atoms with Crippen LogP contribution in [0.2, 0.25) is 6.32 Å². The van der Waals surface area contributed by atoms with E-state index in [1.807, 2.05) is 0 Å². The fraction of sp³-hybridized carbons (Fsp3) is 1.00. The van der Waals surface area contributed by atoms with Gasteiger partial charge < -0.3 is 0 Å². The molecule has 0 radical (unpaired) electrons. The molecule has 0 atom stereocenters. The van der Waals surface area contributed by atoms with E-state index < -0.39 is 0 Å². The van der Waals surface area contributed by atoms with Crippen LogP contribution in [-0.4, -0.2) is 57.2 Å². The van der Waals surface area contributed by atoms with E-state index in [1.165, 1.54) is 6.32 Å². The number of rotatable bonds is 5. The summed E-state index contributed by atoms with van der Waals surface area (Å²) >= 11 is 0. The summed E-state index contributed by atoms with van der Waals surface area (Å²) in [5.74, 6) is 0. The van der Waals surface area contributed by atoms with Crippen molar-refractivity contribution in [1.29, 1.82) is 0 Å². The molecule has 0 N–H and O–H groups in total. The van der Waals surface area contributed by atoms with Gasteiger partial charge in [0.2, 0.25) is 0 Å². The van der Waals surface area contributed by atoms with E-state index in [4.69, 9.17) is 0 Å². The lowest BCUT2D eigenvalue weighted by Gasteiger charge is -2.35. The summed E-state index contributed by atoms with van der Waals surface area (Å²) in [6, 6.07) is 0. The smallest absolute Gasteiger partial charge is 0.103 e. The number of hydrazine groups is 2. The number of hydrogen-bond acceptors (Lipinski definition) is 3. The van der Waals surface area contributed by atoms with Crippen LogP contribution in [0.25, 0.3) is 0 Å². The average Bonchev–Trinajstić information content (AvgIpc) is 1.98. The molecule has 0 aliphatic rings. The molecule has 11 heavy (non-hydrogen) atoms. The Kier molecular flexibility index (Phi) is 5.55. The molecular weight excluding hydrogens is 137 g/mol. The monoisotopic (exact) mass is 157 g/mol. The summed E-state index contributed by atoms with van der Waals surface area (Å²) in [4.78, 5) is 0. The summed E-state index contributed by atoms with van der Waals surface area (Å²) in [6.07, 6.45) is 1.20. The predicted molar refractivity (Wildman–Crippen MR) is 52.0 cm³/mol. The zero-order valence-electron chi connectivity index (χ0n) is 8.46. The van der Waals surface area contributed by atoms with Crippen molar-refractivity contribution in [2.75, 3.05) is 34.2 Å². The molecule has 66 valence electrons. The van der Waals surface area contributed by atoms with Crippen molar-refractivity contribution < 1.29 is 0 Å². The Hall–Kier alpha value is -0.0551.